The Hall–Kier alpha value is -0.920. The Kier molecular flexibility index (Phi) is 4.51. The van der Waals surface area contributed by atoms with Crippen molar-refractivity contribution in [3.63, 3.8) is 0 Å². The van der Waals surface area contributed by atoms with E-state index < -0.39 is 16.2 Å². The van der Waals surface area contributed by atoms with Gasteiger partial charge in [0.05, 0.1) is 6.17 Å². The molecule has 2 N–H and O–H groups in total. The number of imidazole rings is 1. The van der Waals surface area contributed by atoms with Crippen molar-refractivity contribution in [2.24, 2.45) is 11.7 Å². The van der Waals surface area contributed by atoms with Crippen LogP contribution >= 0.6 is 0 Å². The lowest BCUT2D eigenvalue weighted by molar-refractivity contribution is 0.192. The van der Waals surface area contributed by atoms with E-state index in [4.69, 9.17) is 5.73 Å². The molecule has 2 unspecified atom stereocenters. The highest BCUT2D eigenvalue weighted by atomic mass is 32.2. The molecule has 2 atom stereocenters. The normalized spacial score (nSPS) is 25.0. The first-order valence-electron chi connectivity index (χ1n) is 7.19. The second-order valence-corrected chi connectivity index (χ2v) is 7.38. The molecule has 0 amide bonds. The van der Waals surface area contributed by atoms with Gasteiger partial charge in [-0.1, -0.05) is 13.8 Å². The van der Waals surface area contributed by atoms with Crippen molar-refractivity contribution in [1.82, 2.24) is 13.9 Å². The monoisotopic (exact) mass is 300 g/mol. The lowest BCUT2D eigenvalue weighted by Crippen LogP contribution is -2.52. The minimum atomic E-state index is -3.59. The molecule has 1 aromatic heterocycles. The summed E-state index contributed by atoms with van der Waals surface area (Å²) in [6, 6.07) is 0. The first kappa shape index (κ1) is 15.5. The van der Waals surface area contributed by atoms with Crippen molar-refractivity contribution in [2.45, 2.75) is 57.8 Å². The van der Waals surface area contributed by atoms with E-state index in [-0.39, 0.29) is 10.9 Å². The molecule has 0 aliphatic carbocycles. The van der Waals surface area contributed by atoms with Gasteiger partial charge < -0.3 is 10.3 Å². The van der Waals surface area contributed by atoms with Gasteiger partial charge in [-0.15, -0.1) is 0 Å². The Morgan fingerprint density at radius 2 is 2.20 bits per heavy atom. The van der Waals surface area contributed by atoms with Gasteiger partial charge >= 0.3 is 0 Å². The fourth-order valence-corrected chi connectivity index (χ4v) is 4.29. The summed E-state index contributed by atoms with van der Waals surface area (Å²) in [7, 11) is -3.59. The van der Waals surface area contributed by atoms with Crippen LogP contribution in [0.15, 0.2) is 11.2 Å². The van der Waals surface area contributed by atoms with Crippen LogP contribution in [-0.2, 0) is 16.6 Å². The van der Waals surface area contributed by atoms with Crippen LogP contribution in [0.4, 0.5) is 0 Å². The molecule has 114 valence electrons. The van der Waals surface area contributed by atoms with E-state index in [0.717, 1.165) is 31.6 Å². The van der Waals surface area contributed by atoms with Gasteiger partial charge in [-0.2, -0.15) is 4.31 Å². The molecule has 0 bridgehead atoms. The number of nitrogens with two attached hydrogens (primary N) is 1. The van der Waals surface area contributed by atoms with Crippen LogP contribution in [0.2, 0.25) is 0 Å². The summed E-state index contributed by atoms with van der Waals surface area (Å²) >= 11 is 0. The van der Waals surface area contributed by atoms with Gasteiger partial charge in [-0.25, -0.2) is 13.4 Å². The lowest BCUT2D eigenvalue weighted by Gasteiger charge is -2.35. The fraction of sp³-hybridized carbons (Fsp3) is 0.769. The molecule has 1 aromatic rings. The number of sulfonamides is 1. The molecule has 6 nitrogen and oxygen atoms in total. The van der Waals surface area contributed by atoms with E-state index >= 15 is 0 Å². The Labute approximate surface area is 121 Å². The Bertz CT molecular complexity index is 567. The van der Waals surface area contributed by atoms with Crippen molar-refractivity contribution in [3.8, 4) is 0 Å². The van der Waals surface area contributed by atoms with Gasteiger partial charge in [0.25, 0.3) is 10.0 Å². The third kappa shape index (κ3) is 2.75. The Morgan fingerprint density at radius 3 is 2.85 bits per heavy atom. The number of aryl methyl sites for hydroxylation is 2. The first-order valence-corrected chi connectivity index (χ1v) is 8.63. The van der Waals surface area contributed by atoms with E-state index in [1.54, 1.807) is 6.20 Å². The molecular weight excluding hydrogens is 276 g/mol. The Balaban J connectivity index is 2.32. The van der Waals surface area contributed by atoms with Gasteiger partial charge in [-0.3, -0.25) is 0 Å². The van der Waals surface area contributed by atoms with Gasteiger partial charge in [0, 0.05) is 19.3 Å². The van der Waals surface area contributed by atoms with E-state index in [0.29, 0.717) is 6.54 Å². The third-order valence-corrected chi connectivity index (χ3v) is 5.71. The second kappa shape index (κ2) is 5.83. The number of hydrogen-bond acceptors (Lipinski definition) is 4. The van der Waals surface area contributed by atoms with Crippen molar-refractivity contribution in [3.05, 3.63) is 12.0 Å². The topological polar surface area (TPSA) is 81.2 Å². The number of rotatable bonds is 4. The van der Waals surface area contributed by atoms with E-state index in [2.05, 4.69) is 11.9 Å². The standard InChI is InChI=1S/C13H24N4O2S/c1-4-7-16-9-12(15-11(16)3)20(18,19)17-8-5-6-10(2)13(17)14/h9-10,13H,4-8,14H2,1-3H3. The van der Waals surface area contributed by atoms with Crippen molar-refractivity contribution in [1.29, 1.82) is 0 Å². The van der Waals surface area contributed by atoms with Crippen LogP contribution < -0.4 is 5.73 Å². The van der Waals surface area contributed by atoms with Crippen molar-refractivity contribution >= 4 is 10.0 Å². The van der Waals surface area contributed by atoms with Crippen molar-refractivity contribution < 1.29 is 8.42 Å². The molecule has 1 saturated heterocycles. The second-order valence-electron chi connectivity index (χ2n) is 5.55. The van der Waals surface area contributed by atoms with Gasteiger partial charge in [0.2, 0.25) is 0 Å². The molecule has 1 aliphatic heterocycles. The molecule has 0 radical (unpaired) electrons. The lowest BCUT2D eigenvalue weighted by atomic mass is 9.99. The maximum atomic E-state index is 12.7. The number of aromatic nitrogens is 2. The molecular formula is C13H24N4O2S. The zero-order valence-electron chi connectivity index (χ0n) is 12.4. The molecule has 0 aromatic carbocycles. The molecule has 7 heteroatoms. The van der Waals surface area contributed by atoms with Gasteiger partial charge in [0.1, 0.15) is 5.82 Å². The first-order chi connectivity index (χ1) is 9.37. The molecule has 20 heavy (non-hydrogen) atoms. The number of nitrogens with zero attached hydrogens (tertiary/aromatic N) is 3. The largest absolute Gasteiger partial charge is 0.334 e. The maximum absolute atomic E-state index is 12.7. The quantitative estimate of drug-likeness (QED) is 0.909. The summed E-state index contributed by atoms with van der Waals surface area (Å²) < 4.78 is 28.6. The molecule has 2 heterocycles. The molecule has 0 spiro atoms. The minimum Gasteiger partial charge on any atom is -0.334 e. The summed E-state index contributed by atoms with van der Waals surface area (Å²) in [5, 5.41) is 0.119. The summed E-state index contributed by atoms with van der Waals surface area (Å²) in [4.78, 5) is 4.21. The van der Waals surface area contributed by atoms with Crippen LogP contribution in [0.25, 0.3) is 0 Å². The predicted octanol–water partition coefficient (Wildman–Crippen LogP) is 1.31. The zero-order valence-corrected chi connectivity index (χ0v) is 13.2. The number of piperidine rings is 1. The van der Waals surface area contributed by atoms with Crippen LogP contribution in [-0.4, -0.2) is 35.0 Å². The van der Waals surface area contributed by atoms with E-state index in [1.807, 2.05) is 18.4 Å². The van der Waals surface area contributed by atoms with Gasteiger partial charge in [0.15, 0.2) is 5.03 Å². The van der Waals surface area contributed by atoms with Crippen LogP contribution in [0, 0.1) is 12.8 Å². The SMILES string of the molecule is CCCn1cc(S(=O)(=O)N2CCCC(C)C2N)nc1C. The smallest absolute Gasteiger partial charge is 0.263 e. The molecule has 0 saturated carbocycles. The van der Waals surface area contributed by atoms with Gasteiger partial charge in [-0.05, 0) is 32.1 Å². The molecule has 2 rings (SSSR count). The van der Waals surface area contributed by atoms with Crippen molar-refractivity contribution in [2.75, 3.05) is 6.54 Å². The fourth-order valence-electron chi connectivity index (χ4n) is 2.64. The van der Waals surface area contributed by atoms with E-state index in [1.165, 1.54) is 4.31 Å². The highest BCUT2D eigenvalue weighted by molar-refractivity contribution is 7.89. The van der Waals surface area contributed by atoms with E-state index in [9.17, 15) is 8.42 Å². The average molecular weight is 300 g/mol. The van der Waals surface area contributed by atoms with Crippen LogP contribution in [0.5, 0.6) is 0 Å². The molecule has 1 aliphatic rings. The maximum Gasteiger partial charge on any atom is 0.263 e. The summed E-state index contributed by atoms with van der Waals surface area (Å²) in [5.74, 6) is 0.904. The average Bonchev–Trinajstić information content (AvgIpc) is 2.75. The highest BCUT2D eigenvalue weighted by Gasteiger charge is 2.36. The predicted molar refractivity (Wildman–Crippen MR) is 77.5 cm³/mol. The minimum absolute atomic E-state index is 0.119. The number of hydrogen-bond donors (Lipinski definition) is 1. The highest BCUT2D eigenvalue weighted by Crippen LogP contribution is 2.26. The summed E-state index contributed by atoms with van der Waals surface area (Å²) in [6.07, 6.45) is 3.93. The Morgan fingerprint density at radius 1 is 1.50 bits per heavy atom. The van der Waals surface area contributed by atoms with Crippen LogP contribution in [0.3, 0.4) is 0 Å². The summed E-state index contributed by atoms with van der Waals surface area (Å²) in [6.45, 7) is 7.13. The van der Waals surface area contributed by atoms with Crippen LogP contribution in [0.1, 0.15) is 38.9 Å². The molecule has 1 fully saturated rings. The summed E-state index contributed by atoms with van der Waals surface area (Å²) in [5.41, 5.74) is 6.06. The third-order valence-electron chi connectivity index (χ3n) is 3.94. The zero-order chi connectivity index (χ0) is 14.9.